The first-order valence-electron chi connectivity index (χ1n) is 6.02. The lowest BCUT2D eigenvalue weighted by Gasteiger charge is -2.19. The molecule has 20 heavy (non-hydrogen) atoms. The van der Waals surface area contributed by atoms with Crippen molar-refractivity contribution in [2.24, 2.45) is 0 Å². The number of hydrogen-bond acceptors (Lipinski definition) is 2. The molecule has 1 N–H and O–H groups in total. The minimum Gasteiger partial charge on any atom is -0.469 e. The first kappa shape index (κ1) is 15.0. The molecule has 2 nitrogen and oxygen atoms in total. The van der Waals surface area contributed by atoms with Gasteiger partial charge in [-0.05, 0) is 37.3 Å². The highest BCUT2D eigenvalue weighted by Gasteiger charge is 2.33. The molecule has 0 amide bonds. The summed E-state index contributed by atoms with van der Waals surface area (Å²) in [5, 5.41) is 2.89. The molecule has 108 valence electrons. The molecule has 0 aliphatic carbocycles. The van der Waals surface area contributed by atoms with Gasteiger partial charge in [0.2, 0.25) is 0 Å². The van der Waals surface area contributed by atoms with E-state index in [9.17, 15) is 13.2 Å². The Labute approximate surface area is 123 Å². The van der Waals surface area contributed by atoms with Gasteiger partial charge in [-0.2, -0.15) is 13.2 Å². The van der Waals surface area contributed by atoms with Gasteiger partial charge in [-0.1, -0.05) is 15.9 Å². The van der Waals surface area contributed by atoms with Crippen LogP contribution in [0.25, 0.3) is 0 Å². The number of anilines is 1. The van der Waals surface area contributed by atoms with Crippen LogP contribution in [0.2, 0.25) is 0 Å². The lowest BCUT2D eigenvalue weighted by Crippen LogP contribution is -2.20. The highest BCUT2D eigenvalue weighted by molar-refractivity contribution is 9.10. The van der Waals surface area contributed by atoms with E-state index >= 15 is 0 Å². The SMILES string of the molecule is CC(Cc1ccco1)Nc1cc(Br)ccc1C(F)(F)F. The maximum absolute atomic E-state index is 12.9. The van der Waals surface area contributed by atoms with Crippen LogP contribution in [0.3, 0.4) is 0 Å². The minimum atomic E-state index is -4.38. The number of nitrogens with one attached hydrogen (secondary N) is 1. The van der Waals surface area contributed by atoms with Crippen molar-refractivity contribution in [1.82, 2.24) is 0 Å². The minimum absolute atomic E-state index is 0.0610. The van der Waals surface area contributed by atoms with Crippen molar-refractivity contribution in [2.75, 3.05) is 5.32 Å². The lowest BCUT2D eigenvalue weighted by atomic mass is 10.1. The average molecular weight is 348 g/mol. The fourth-order valence-electron chi connectivity index (χ4n) is 1.93. The number of alkyl halides is 3. The summed E-state index contributed by atoms with van der Waals surface area (Å²) in [6.07, 6.45) is -2.33. The van der Waals surface area contributed by atoms with E-state index in [1.165, 1.54) is 12.1 Å². The second-order valence-electron chi connectivity index (χ2n) is 4.52. The van der Waals surface area contributed by atoms with Crippen LogP contribution in [-0.2, 0) is 12.6 Å². The maximum atomic E-state index is 12.9. The number of halogens is 4. The molecular weight excluding hydrogens is 335 g/mol. The average Bonchev–Trinajstić information content (AvgIpc) is 2.79. The molecular formula is C14H13BrF3NO. The van der Waals surface area contributed by atoms with Gasteiger partial charge in [0.15, 0.2) is 0 Å². The van der Waals surface area contributed by atoms with Gasteiger partial charge in [-0.15, -0.1) is 0 Å². The van der Waals surface area contributed by atoms with Crippen molar-refractivity contribution in [2.45, 2.75) is 25.6 Å². The second-order valence-corrected chi connectivity index (χ2v) is 5.43. The van der Waals surface area contributed by atoms with E-state index in [0.29, 0.717) is 10.9 Å². The van der Waals surface area contributed by atoms with Crippen LogP contribution >= 0.6 is 15.9 Å². The predicted molar refractivity (Wildman–Crippen MR) is 74.6 cm³/mol. The zero-order valence-electron chi connectivity index (χ0n) is 10.7. The van der Waals surface area contributed by atoms with Crippen LogP contribution < -0.4 is 5.32 Å². The fraction of sp³-hybridized carbons (Fsp3) is 0.286. The molecule has 6 heteroatoms. The predicted octanol–water partition coefficient (Wildman–Crippen LogP) is 5.10. The summed E-state index contributed by atoms with van der Waals surface area (Å²) in [7, 11) is 0. The summed E-state index contributed by atoms with van der Waals surface area (Å²) in [6, 6.07) is 7.24. The molecule has 0 aliphatic rings. The van der Waals surface area contributed by atoms with E-state index in [1.54, 1.807) is 18.4 Å². The Bertz CT molecular complexity index is 566. The molecule has 0 saturated heterocycles. The molecule has 0 radical (unpaired) electrons. The quantitative estimate of drug-likeness (QED) is 0.831. The van der Waals surface area contributed by atoms with E-state index in [1.807, 2.05) is 6.92 Å². The largest absolute Gasteiger partial charge is 0.469 e. The fourth-order valence-corrected chi connectivity index (χ4v) is 2.29. The number of rotatable bonds is 4. The molecule has 1 aromatic carbocycles. The molecule has 0 bridgehead atoms. The van der Waals surface area contributed by atoms with Crippen LogP contribution in [0.4, 0.5) is 18.9 Å². The Morgan fingerprint density at radius 1 is 1.30 bits per heavy atom. The molecule has 2 aromatic rings. The van der Waals surface area contributed by atoms with Gasteiger partial charge < -0.3 is 9.73 Å². The molecule has 1 unspecified atom stereocenters. The Morgan fingerprint density at radius 2 is 2.05 bits per heavy atom. The highest BCUT2D eigenvalue weighted by Crippen LogP contribution is 2.36. The van der Waals surface area contributed by atoms with Crippen molar-refractivity contribution in [3.8, 4) is 0 Å². The molecule has 1 atom stereocenters. The van der Waals surface area contributed by atoms with Gasteiger partial charge in [0.05, 0.1) is 11.8 Å². The van der Waals surface area contributed by atoms with Gasteiger partial charge >= 0.3 is 6.18 Å². The first-order valence-corrected chi connectivity index (χ1v) is 6.81. The third-order valence-corrected chi connectivity index (χ3v) is 3.27. The Morgan fingerprint density at radius 3 is 2.65 bits per heavy atom. The lowest BCUT2D eigenvalue weighted by molar-refractivity contribution is -0.137. The van der Waals surface area contributed by atoms with Crippen LogP contribution in [0, 0.1) is 0 Å². The van der Waals surface area contributed by atoms with Crippen molar-refractivity contribution < 1.29 is 17.6 Å². The molecule has 2 rings (SSSR count). The van der Waals surface area contributed by atoms with Crippen molar-refractivity contribution in [3.63, 3.8) is 0 Å². The molecule has 0 fully saturated rings. The normalized spacial score (nSPS) is 13.2. The third kappa shape index (κ3) is 3.79. The van der Waals surface area contributed by atoms with Crippen LogP contribution in [0.15, 0.2) is 45.5 Å². The zero-order chi connectivity index (χ0) is 14.8. The molecule has 0 saturated carbocycles. The molecule has 1 heterocycles. The monoisotopic (exact) mass is 347 g/mol. The van der Waals surface area contributed by atoms with Crippen molar-refractivity contribution in [3.05, 3.63) is 52.4 Å². The van der Waals surface area contributed by atoms with Crippen molar-refractivity contribution in [1.29, 1.82) is 0 Å². The standard InChI is InChI=1S/C14H13BrF3NO/c1-9(7-11-3-2-6-20-11)19-13-8-10(15)4-5-12(13)14(16,17)18/h2-6,8-9,19H,7H2,1H3. The van der Waals surface area contributed by atoms with Gasteiger partial charge in [-0.3, -0.25) is 0 Å². The van der Waals surface area contributed by atoms with Crippen LogP contribution in [0.1, 0.15) is 18.2 Å². The van der Waals surface area contributed by atoms with E-state index in [-0.39, 0.29) is 11.7 Å². The summed E-state index contributed by atoms with van der Waals surface area (Å²) in [5.41, 5.74) is -0.613. The van der Waals surface area contributed by atoms with Gasteiger partial charge in [0.25, 0.3) is 0 Å². The molecule has 0 spiro atoms. The molecule has 1 aromatic heterocycles. The maximum Gasteiger partial charge on any atom is 0.418 e. The van der Waals surface area contributed by atoms with E-state index in [4.69, 9.17) is 4.42 Å². The van der Waals surface area contributed by atoms with E-state index in [2.05, 4.69) is 21.2 Å². The number of furan rings is 1. The number of benzene rings is 1. The second kappa shape index (κ2) is 5.91. The summed E-state index contributed by atoms with van der Waals surface area (Å²) >= 11 is 3.19. The first-order chi connectivity index (χ1) is 9.36. The van der Waals surface area contributed by atoms with E-state index < -0.39 is 11.7 Å². The smallest absolute Gasteiger partial charge is 0.418 e. The Hall–Kier alpha value is -1.43. The Balaban J connectivity index is 2.17. The Kier molecular flexibility index (Phi) is 4.42. The van der Waals surface area contributed by atoms with Gasteiger partial charge in [0, 0.05) is 22.6 Å². The summed E-state index contributed by atoms with van der Waals surface area (Å²) in [6.45, 7) is 1.81. The van der Waals surface area contributed by atoms with Crippen LogP contribution in [0.5, 0.6) is 0 Å². The van der Waals surface area contributed by atoms with Gasteiger partial charge in [-0.25, -0.2) is 0 Å². The summed E-state index contributed by atoms with van der Waals surface area (Å²) in [4.78, 5) is 0. The van der Waals surface area contributed by atoms with Crippen LogP contribution in [-0.4, -0.2) is 6.04 Å². The van der Waals surface area contributed by atoms with Crippen molar-refractivity contribution >= 4 is 21.6 Å². The van der Waals surface area contributed by atoms with Gasteiger partial charge in [0.1, 0.15) is 5.76 Å². The summed E-state index contributed by atoms with van der Waals surface area (Å²) < 4.78 is 44.6. The molecule has 0 aliphatic heterocycles. The topological polar surface area (TPSA) is 25.2 Å². The van der Waals surface area contributed by atoms with E-state index in [0.717, 1.165) is 11.8 Å². The number of hydrogen-bond donors (Lipinski definition) is 1. The summed E-state index contributed by atoms with van der Waals surface area (Å²) in [5.74, 6) is 0.730. The highest BCUT2D eigenvalue weighted by atomic mass is 79.9. The zero-order valence-corrected chi connectivity index (χ0v) is 12.3. The third-order valence-electron chi connectivity index (χ3n) is 2.78.